The summed E-state index contributed by atoms with van der Waals surface area (Å²) in [6.07, 6.45) is 26.9. The summed E-state index contributed by atoms with van der Waals surface area (Å²) < 4.78 is 0. The predicted molar refractivity (Wildman–Crippen MR) is 132 cm³/mol. The van der Waals surface area contributed by atoms with Crippen molar-refractivity contribution < 1.29 is 0 Å². The Balaban J connectivity index is 1.86. The number of piperidine rings is 1. The van der Waals surface area contributed by atoms with Gasteiger partial charge in [-0.05, 0) is 72.9 Å². The minimum atomic E-state index is 0.395. The highest BCUT2D eigenvalue weighted by atomic mass is 15.3. The lowest BCUT2D eigenvalue weighted by Gasteiger charge is -2.53. The largest absolute Gasteiger partial charge is 0.330 e. The average Bonchev–Trinajstić information content (AvgIpc) is 2.65. The zero-order valence-electron chi connectivity index (χ0n) is 20.9. The minimum Gasteiger partial charge on any atom is -0.330 e. The number of rotatable bonds is 18. The van der Waals surface area contributed by atoms with Crippen LogP contribution < -0.4 is 5.73 Å². The summed E-state index contributed by atoms with van der Waals surface area (Å²) in [6.45, 7) is 12.0. The number of nitrogens with zero attached hydrogens (tertiary/aromatic N) is 1. The molecule has 1 saturated heterocycles. The van der Waals surface area contributed by atoms with Crippen molar-refractivity contribution in [1.29, 1.82) is 0 Å². The van der Waals surface area contributed by atoms with E-state index in [2.05, 4.69) is 32.6 Å². The average molecular weight is 409 g/mol. The molecule has 1 heterocycles. The predicted octanol–water partition coefficient (Wildman–Crippen LogP) is 8.23. The van der Waals surface area contributed by atoms with Crippen molar-refractivity contribution >= 4 is 0 Å². The molecular formula is C27H56N2. The number of unbranched alkanes of at least 4 members (excludes halogenated alkanes) is 15. The molecule has 0 aliphatic carbocycles. The summed E-state index contributed by atoms with van der Waals surface area (Å²) in [5.74, 6) is 0. The van der Waals surface area contributed by atoms with Crippen LogP contribution >= 0.6 is 0 Å². The Bertz CT molecular complexity index is 359. The molecule has 2 nitrogen and oxygen atoms in total. The van der Waals surface area contributed by atoms with E-state index in [0.29, 0.717) is 11.1 Å². The van der Waals surface area contributed by atoms with Gasteiger partial charge in [0.05, 0.1) is 0 Å². The molecule has 0 amide bonds. The molecule has 1 aliphatic heterocycles. The maximum atomic E-state index is 5.53. The van der Waals surface area contributed by atoms with Gasteiger partial charge in [-0.1, -0.05) is 89.9 Å². The second-order valence-electron chi connectivity index (χ2n) is 11.1. The van der Waals surface area contributed by atoms with E-state index in [1.165, 1.54) is 129 Å². The molecule has 0 radical (unpaired) electrons. The Morgan fingerprint density at radius 2 is 0.828 bits per heavy atom. The molecule has 1 rings (SSSR count). The third kappa shape index (κ3) is 12.4. The molecule has 174 valence electrons. The molecule has 0 aromatic carbocycles. The first-order valence-electron chi connectivity index (χ1n) is 13.4. The number of likely N-dealkylation sites (tertiary alicyclic amines) is 1. The fourth-order valence-electron chi connectivity index (χ4n) is 5.54. The first kappa shape index (κ1) is 27.0. The van der Waals surface area contributed by atoms with E-state index >= 15 is 0 Å². The standard InChI is InChI=1S/C27H56N2/c1-26(2)22-21-23-27(3,4)29(26)25-20-18-16-14-12-10-8-6-5-7-9-11-13-15-17-19-24-28/h5-25,28H2,1-4H3. The maximum Gasteiger partial charge on any atom is 0.0158 e. The summed E-state index contributed by atoms with van der Waals surface area (Å²) in [5.41, 5.74) is 6.32. The van der Waals surface area contributed by atoms with Crippen LogP contribution in [0.2, 0.25) is 0 Å². The van der Waals surface area contributed by atoms with Crippen LogP contribution in [0.3, 0.4) is 0 Å². The van der Waals surface area contributed by atoms with Crippen molar-refractivity contribution in [3.05, 3.63) is 0 Å². The van der Waals surface area contributed by atoms with Crippen LogP contribution in [0.15, 0.2) is 0 Å². The van der Waals surface area contributed by atoms with Crippen molar-refractivity contribution in [1.82, 2.24) is 4.90 Å². The Morgan fingerprint density at radius 3 is 1.17 bits per heavy atom. The lowest BCUT2D eigenvalue weighted by atomic mass is 9.79. The summed E-state index contributed by atoms with van der Waals surface area (Å²) in [7, 11) is 0. The maximum absolute atomic E-state index is 5.53. The van der Waals surface area contributed by atoms with Crippen LogP contribution in [0.25, 0.3) is 0 Å². The van der Waals surface area contributed by atoms with Crippen LogP contribution in [0, 0.1) is 0 Å². The molecule has 0 saturated carbocycles. The summed E-state index contributed by atoms with van der Waals surface area (Å²) in [6, 6.07) is 0. The fourth-order valence-corrected chi connectivity index (χ4v) is 5.54. The zero-order valence-corrected chi connectivity index (χ0v) is 20.9. The van der Waals surface area contributed by atoms with Gasteiger partial charge in [-0.3, -0.25) is 4.90 Å². The van der Waals surface area contributed by atoms with E-state index in [1.807, 2.05) is 0 Å². The van der Waals surface area contributed by atoms with Gasteiger partial charge in [0, 0.05) is 11.1 Å². The minimum absolute atomic E-state index is 0.395. The topological polar surface area (TPSA) is 29.3 Å². The molecule has 2 heteroatoms. The molecule has 0 unspecified atom stereocenters. The Kier molecular flexibility index (Phi) is 14.6. The fraction of sp³-hybridized carbons (Fsp3) is 1.00. The van der Waals surface area contributed by atoms with Gasteiger partial charge >= 0.3 is 0 Å². The SMILES string of the molecule is CC1(C)CCCC(C)(C)N1CCCCCCCCCCCCCCCCCCN. The summed E-state index contributed by atoms with van der Waals surface area (Å²) in [5, 5.41) is 0. The van der Waals surface area contributed by atoms with Gasteiger partial charge in [0.25, 0.3) is 0 Å². The normalized spacial score (nSPS) is 18.9. The van der Waals surface area contributed by atoms with Gasteiger partial charge in [0.2, 0.25) is 0 Å². The molecule has 2 N–H and O–H groups in total. The van der Waals surface area contributed by atoms with Gasteiger partial charge in [-0.2, -0.15) is 0 Å². The van der Waals surface area contributed by atoms with Crippen LogP contribution in [-0.2, 0) is 0 Å². The molecule has 29 heavy (non-hydrogen) atoms. The van der Waals surface area contributed by atoms with Crippen LogP contribution in [0.5, 0.6) is 0 Å². The first-order valence-corrected chi connectivity index (χ1v) is 13.4. The van der Waals surface area contributed by atoms with Gasteiger partial charge in [-0.15, -0.1) is 0 Å². The van der Waals surface area contributed by atoms with Gasteiger partial charge in [-0.25, -0.2) is 0 Å². The van der Waals surface area contributed by atoms with Crippen LogP contribution in [0.1, 0.15) is 150 Å². The lowest BCUT2D eigenvalue weighted by molar-refractivity contribution is -0.0276. The molecule has 0 aromatic heterocycles. The highest BCUT2D eigenvalue weighted by molar-refractivity contribution is 4.96. The summed E-state index contributed by atoms with van der Waals surface area (Å²) in [4.78, 5) is 2.81. The molecule has 0 bridgehead atoms. The highest BCUT2D eigenvalue weighted by Gasteiger charge is 2.40. The molecule has 1 aliphatic rings. The van der Waals surface area contributed by atoms with E-state index in [4.69, 9.17) is 5.73 Å². The van der Waals surface area contributed by atoms with E-state index in [-0.39, 0.29) is 0 Å². The Hall–Kier alpha value is -0.0800. The Morgan fingerprint density at radius 1 is 0.517 bits per heavy atom. The van der Waals surface area contributed by atoms with E-state index < -0.39 is 0 Å². The molecule has 0 atom stereocenters. The van der Waals surface area contributed by atoms with Gasteiger partial charge in [0.1, 0.15) is 0 Å². The quantitative estimate of drug-likeness (QED) is 0.231. The van der Waals surface area contributed by atoms with Crippen molar-refractivity contribution in [2.75, 3.05) is 13.1 Å². The van der Waals surface area contributed by atoms with Gasteiger partial charge < -0.3 is 5.73 Å². The van der Waals surface area contributed by atoms with Crippen molar-refractivity contribution in [3.8, 4) is 0 Å². The Labute approximate surface area is 184 Å². The lowest BCUT2D eigenvalue weighted by Crippen LogP contribution is -2.58. The first-order chi connectivity index (χ1) is 13.9. The molecule has 0 spiro atoms. The third-order valence-corrected chi connectivity index (χ3v) is 7.37. The smallest absolute Gasteiger partial charge is 0.0158 e. The van der Waals surface area contributed by atoms with Crippen LogP contribution in [-0.4, -0.2) is 29.1 Å². The molecule has 1 fully saturated rings. The second kappa shape index (κ2) is 15.7. The highest BCUT2D eigenvalue weighted by Crippen LogP contribution is 2.38. The zero-order chi connectivity index (χ0) is 21.4. The monoisotopic (exact) mass is 408 g/mol. The summed E-state index contributed by atoms with van der Waals surface area (Å²) >= 11 is 0. The van der Waals surface area contributed by atoms with Crippen LogP contribution in [0.4, 0.5) is 0 Å². The van der Waals surface area contributed by atoms with E-state index in [0.717, 1.165) is 6.54 Å². The number of hydrogen-bond acceptors (Lipinski definition) is 2. The third-order valence-electron chi connectivity index (χ3n) is 7.37. The van der Waals surface area contributed by atoms with Crippen molar-refractivity contribution in [2.24, 2.45) is 5.73 Å². The number of nitrogens with two attached hydrogens (primary N) is 1. The second-order valence-corrected chi connectivity index (χ2v) is 11.1. The van der Waals surface area contributed by atoms with E-state index in [1.54, 1.807) is 0 Å². The van der Waals surface area contributed by atoms with Crippen molar-refractivity contribution in [2.45, 2.75) is 161 Å². The van der Waals surface area contributed by atoms with Gasteiger partial charge in [0.15, 0.2) is 0 Å². The van der Waals surface area contributed by atoms with E-state index in [9.17, 15) is 0 Å². The van der Waals surface area contributed by atoms with Crippen molar-refractivity contribution in [3.63, 3.8) is 0 Å². The molecular weight excluding hydrogens is 352 g/mol. The number of hydrogen-bond donors (Lipinski definition) is 1. The molecule has 0 aromatic rings.